The normalized spacial score (nSPS) is 12.8. The number of fused-ring (bicyclic) bond motifs is 2. The third-order valence-corrected chi connectivity index (χ3v) is 3.50. The van der Waals surface area contributed by atoms with Crippen LogP contribution in [-0.4, -0.2) is 28.3 Å². The molecule has 0 fully saturated rings. The van der Waals surface area contributed by atoms with E-state index in [0.717, 1.165) is 46.7 Å². The monoisotopic (exact) mass is 282 g/mol. The number of anilines is 1. The molecule has 3 aromatic rings. The summed E-state index contributed by atoms with van der Waals surface area (Å²) in [5.41, 5.74) is 1.10. The first-order valence-corrected chi connectivity index (χ1v) is 6.79. The predicted molar refractivity (Wildman–Crippen MR) is 78.6 cm³/mol. The second-order valence-electron chi connectivity index (χ2n) is 4.84. The quantitative estimate of drug-likeness (QED) is 0.768. The number of rotatable bonds is 4. The first-order chi connectivity index (χ1) is 10.4. The molecule has 0 amide bonds. The minimum atomic E-state index is 0.279. The van der Waals surface area contributed by atoms with Crippen molar-refractivity contribution in [2.45, 2.75) is 6.42 Å². The van der Waals surface area contributed by atoms with Crippen LogP contribution < -0.4 is 14.8 Å². The highest BCUT2D eigenvalue weighted by molar-refractivity contribution is 5.94. The standard InChI is InChI=1S/C15H14N4O2/c1-3-17-15(18-4-2-11-7-16-8-19-11)12-6-14-13(5-10(1)12)20-9-21-14/h1,3,5-8H,2,4,9H2,(H,16,19)(H,17,18). The molecule has 0 atom stereocenters. The van der Waals surface area contributed by atoms with Gasteiger partial charge in [0.05, 0.1) is 6.33 Å². The van der Waals surface area contributed by atoms with Crippen LogP contribution in [0.25, 0.3) is 10.8 Å². The first kappa shape index (κ1) is 12.0. The molecule has 0 aliphatic carbocycles. The molecule has 0 unspecified atom stereocenters. The molecular formula is C15H14N4O2. The average Bonchev–Trinajstić information content (AvgIpc) is 3.16. The van der Waals surface area contributed by atoms with Crippen LogP contribution in [0.15, 0.2) is 36.9 Å². The van der Waals surface area contributed by atoms with Crippen molar-refractivity contribution in [2.24, 2.45) is 0 Å². The maximum absolute atomic E-state index is 5.43. The summed E-state index contributed by atoms with van der Waals surface area (Å²) in [5.74, 6) is 2.41. The lowest BCUT2D eigenvalue weighted by molar-refractivity contribution is 0.174. The van der Waals surface area contributed by atoms with Crippen LogP contribution in [0.2, 0.25) is 0 Å². The molecule has 4 rings (SSSR count). The summed E-state index contributed by atoms with van der Waals surface area (Å²) in [7, 11) is 0. The molecule has 3 heterocycles. The zero-order chi connectivity index (χ0) is 14.1. The molecule has 21 heavy (non-hydrogen) atoms. The van der Waals surface area contributed by atoms with Crippen molar-refractivity contribution < 1.29 is 9.47 Å². The molecule has 1 aliphatic heterocycles. The zero-order valence-corrected chi connectivity index (χ0v) is 11.3. The maximum Gasteiger partial charge on any atom is 0.231 e. The SMILES string of the molecule is c1cc2cc3c(cc2c(NCCc2cnc[nH]2)n1)OCO3. The van der Waals surface area contributed by atoms with Gasteiger partial charge in [-0.2, -0.15) is 0 Å². The Kier molecular flexibility index (Phi) is 2.85. The number of nitrogens with zero attached hydrogens (tertiary/aromatic N) is 2. The summed E-state index contributed by atoms with van der Waals surface area (Å²) < 4.78 is 10.8. The van der Waals surface area contributed by atoms with Gasteiger partial charge in [0.2, 0.25) is 6.79 Å². The topological polar surface area (TPSA) is 72.1 Å². The molecule has 0 saturated heterocycles. The Morgan fingerprint density at radius 3 is 3.00 bits per heavy atom. The fraction of sp³-hybridized carbons (Fsp3) is 0.200. The van der Waals surface area contributed by atoms with E-state index in [1.807, 2.05) is 24.4 Å². The van der Waals surface area contributed by atoms with E-state index < -0.39 is 0 Å². The summed E-state index contributed by atoms with van der Waals surface area (Å²) in [5, 5.41) is 5.48. The lowest BCUT2D eigenvalue weighted by Gasteiger charge is -2.09. The summed E-state index contributed by atoms with van der Waals surface area (Å²) in [4.78, 5) is 11.5. The predicted octanol–water partition coefficient (Wildman–Crippen LogP) is 2.34. The fourth-order valence-electron chi connectivity index (χ4n) is 2.44. The van der Waals surface area contributed by atoms with Gasteiger partial charge in [-0.25, -0.2) is 9.97 Å². The summed E-state index contributed by atoms with van der Waals surface area (Å²) in [6.45, 7) is 1.06. The molecule has 2 N–H and O–H groups in total. The van der Waals surface area contributed by atoms with E-state index in [0.29, 0.717) is 0 Å². The van der Waals surface area contributed by atoms with Crippen molar-refractivity contribution >= 4 is 16.6 Å². The molecule has 1 aromatic carbocycles. The van der Waals surface area contributed by atoms with Gasteiger partial charge in [-0.1, -0.05) is 0 Å². The van der Waals surface area contributed by atoms with Crippen molar-refractivity contribution in [3.63, 3.8) is 0 Å². The van der Waals surface area contributed by atoms with E-state index in [1.165, 1.54) is 0 Å². The Morgan fingerprint density at radius 1 is 1.24 bits per heavy atom. The van der Waals surface area contributed by atoms with Crippen LogP contribution in [0.3, 0.4) is 0 Å². The van der Waals surface area contributed by atoms with Gasteiger partial charge in [-0.3, -0.25) is 0 Å². The minimum Gasteiger partial charge on any atom is -0.454 e. The number of nitrogens with one attached hydrogen (secondary N) is 2. The van der Waals surface area contributed by atoms with Crippen molar-refractivity contribution in [1.29, 1.82) is 0 Å². The summed E-state index contributed by atoms with van der Waals surface area (Å²) >= 11 is 0. The third-order valence-electron chi connectivity index (χ3n) is 3.50. The summed E-state index contributed by atoms with van der Waals surface area (Å²) in [6.07, 6.45) is 6.17. The van der Waals surface area contributed by atoms with Gasteiger partial charge in [0.25, 0.3) is 0 Å². The van der Waals surface area contributed by atoms with Crippen molar-refractivity contribution in [3.8, 4) is 11.5 Å². The van der Waals surface area contributed by atoms with Crippen LogP contribution >= 0.6 is 0 Å². The van der Waals surface area contributed by atoms with E-state index in [1.54, 1.807) is 12.5 Å². The molecule has 106 valence electrons. The van der Waals surface area contributed by atoms with Gasteiger partial charge >= 0.3 is 0 Å². The highest BCUT2D eigenvalue weighted by Crippen LogP contribution is 2.37. The van der Waals surface area contributed by atoms with Gasteiger partial charge in [0, 0.05) is 36.4 Å². The number of hydrogen-bond acceptors (Lipinski definition) is 5. The molecule has 0 radical (unpaired) electrons. The lowest BCUT2D eigenvalue weighted by Crippen LogP contribution is -2.06. The van der Waals surface area contributed by atoms with Crippen LogP contribution in [0.4, 0.5) is 5.82 Å². The van der Waals surface area contributed by atoms with E-state index in [2.05, 4.69) is 20.3 Å². The second kappa shape index (κ2) is 4.97. The van der Waals surface area contributed by atoms with Crippen molar-refractivity contribution in [3.05, 3.63) is 42.6 Å². The zero-order valence-electron chi connectivity index (χ0n) is 11.3. The van der Waals surface area contributed by atoms with Crippen LogP contribution in [0, 0.1) is 0 Å². The number of aromatic amines is 1. The van der Waals surface area contributed by atoms with Crippen LogP contribution in [0.1, 0.15) is 5.69 Å². The first-order valence-electron chi connectivity index (χ1n) is 6.79. The van der Waals surface area contributed by atoms with E-state index in [4.69, 9.17) is 9.47 Å². The molecule has 0 saturated carbocycles. The molecule has 0 bridgehead atoms. The van der Waals surface area contributed by atoms with E-state index in [9.17, 15) is 0 Å². The van der Waals surface area contributed by atoms with Gasteiger partial charge in [-0.15, -0.1) is 0 Å². The molecular weight excluding hydrogens is 268 g/mol. The third kappa shape index (κ3) is 2.24. The number of aromatic nitrogens is 3. The smallest absolute Gasteiger partial charge is 0.231 e. The van der Waals surface area contributed by atoms with Crippen molar-refractivity contribution in [2.75, 3.05) is 18.7 Å². The Morgan fingerprint density at radius 2 is 2.14 bits per heavy atom. The molecule has 6 nitrogen and oxygen atoms in total. The Labute approximate surface area is 121 Å². The molecule has 1 aliphatic rings. The molecule has 2 aromatic heterocycles. The van der Waals surface area contributed by atoms with Crippen molar-refractivity contribution in [1.82, 2.24) is 15.0 Å². The second-order valence-corrected chi connectivity index (χ2v) is 4.84. The highest BCUT2D eigenvalue weighted by atomic mass is 16.7. The fourth-order valence-corrected chi connectivity index (χ4v) is 2.44. The molecule has 0 spiro atoms. The lowest BCUT2D eigenvalue weighted by atomic mass is 10.1. The number of H-pyrrole nitrogens is 1. The minimum absolute atomic E-state index is 0.279. The van der Waals surface area contributed by atoms with Gasteiger partial charge in [-0.05, 0) is 23.6 Å². The maximum atomic E-state index is 5.43. The Bertz CT molecular complexity index is 771. The Balaban J connectivity index is 1.59. The number of hydrogen-bond donors (Lipinski definition) is 2. The summed E-state index contributed by atoms with van der Waals surface area (Å²) in [6, 6.07) is 5.93. The van der Waals surface area contributed by atoms with E-state index in [-0.39, 0.29) is 6.79 Å². The number of pyridine rings is 1. The van der Waals surface area contributed by atoms with E-state index >= 15 is 0 Å². The van der Waals surface area contributed by atoms with Gasteiger partial charge in [0.1, 0.15) is 5.82 Å². The number of ether oxygens (including phenoxy) is 2. The van der Waals surface area contributed by atoms with Crippen LogP contribution in [-0.2, 0) is 6.42 Å². The Hall–Kier alpha value is -2.76. The largest absolute Gasteiger partial charge is 0.454 e. The van der Waals surface area contributed by atoms with Gasteiger partial charge in [0.15, 0.2) is 11.5 Å². The number of imidazole rings is 1. The van der Waals surface area contributed by atoms with Crippen LogP contribution in [0.5, 0.6) is 11.5 Å². The average molecular weight is 282 g/mol. The molecule has 6 heteroatoms. The highest BCUT2D eigenvalue weighted by Gasteiger charge is 2.15. The van der Waals surface area contributed by atoms with Gasteiger partial charge < -0.3 is 19.8 Å². The number of benzene rings is 1.